The smallest absolute Gasteiger partial charge is 0.423 e. The molecule has 1 aromatic carbocycles. The molecule has 0 fully saturated rings. The maximum absolute atomic E-state index is 8.91. The van der Waals surface area contributed by atoms with Crippen LogP contribution in [0.15, 0.2) is 25.6 Å². The zero-order chi connectivity index (χ0) is 9.30. The van der Waals surface area contributed by atoms with Crippen molar-refractivity contribution in [2.24, 2.45) is 0 Å². The molecule has 0 amide bonds. The molecular formula is C6H4BBr3O2. The molecule has 0 radical (unpaired) electrons. The fourth-order valence-corrected chi connectivity index (χ4v) is 2.30. The van der Waals surface area contributed by atoms with E-state index < -0.39 is 7.12 Å². The molecule has 2 nitrogen and oxygen atoms in total. The molecule has 0 unspecified atom stereocenters. The van der Waals surface area contributed by atoms with Crippen LogP contribution in [0.1, 0.15) is 0 Å². The van der Waals surface area contributed by atoms with Crippen molar-refractivity contribution in [3.8, 4) is 0 Å². The molecule has 1 rings (SSSR count). The molecule has 0 saturated carbocycles. The highest BCUT2D eigenvalue weighted by molar-refractivity contribution is 9.13. The Morgan fingerprint density at radius 3 is 1.92 bits per heavy atom. The van der Waals surface area contributed by atoms with Crippen molar-refractivity contribution in [3.63, 3.8) is 0 Å². The van der Waals surface area contributed by atoms with E-state index in [0.29, 0.717) is 9.94 Å². The standard InChI is InChI=1S/C6H4BBr3O2/c8-4-2-6(10)5(9)1-3(4)7(11)12/h1-2,11-12H. The van der Waals surface area contributed by atoms with Crippen molar-refractivity contribution < 1.29 is 10.0 Å². The Morgan fingerprint density at radius 1 is 0.917 bits per heavy atom. The predicted molar refractivity (Wildman–Crippen MR) is 59.4 cm³/mol. The highest BCUT2D eigenvalue weighted by atomic mass is 79.9. The van der Waals surface area contributed by atoms with Gasteiger partial charge in [-0.25, -0.2) is 0 Å². The maximum Gasteiger partial charge on any atom is 0.489 e. The summed E-state index contributed by atoms with van der Waals surface area (Å²) in [7, 11) is -1.45. The van der Waals surface area contributed by atoms with Gasteiger partial charge in [0.05, 0.1) is 0 Å². The van der Waals surface area contributed by atoms with Crippen LogP contribution in [0.25, 0.3) is 0 Å². The minimum absolute atomic E-state index is 0.435. The van der Waals surface area contributed by atoms with E-state index in [4.69, 9.17) is 10.0 Å². The van der Waals surface area contributed by atoms with E-state index in [1.807, 2.05) is 0 Å². The van der Waals surface area contributed by atoms with Gasteiger partial charge in [0, 0.05) is 13.4 Å². The number of halogens is 3. The quantitative estimate of drug-likeness (QED) is 0.592. The predicted octanol–water partition coefficient (Wildman–Crippen LogP) is 1.65. The molecule has 1 aromatic rings. The Labute approximate surface area is 95.5 Å². The molecule has 0 heterocycles. The summed E-state index contributed by atoms with van der Waals surface area (Å²) in [5, 5.41) is 17.8. The van der Waals surface area contributed by atoms with Crippen molar-refractivity contribution in [2.45, 2.75) is 0 Å². The summed E-state index contributed by atoms with van der Waals surface area (Å²) in [6.07, 6.45) is 0. The maximum atomic E-state index is 8.91. The van der Waals surface area contributed by atoms with Crippen molar-refractivity contribution in [3.05, 3.63) is 25.6 Å². The van der Waals surface area contributed by atoms with E-state index in [-0.39, 0.29) is 0 Å². The SMILES string of the molecule is OB(O)c1cc(Br)c(Br)cc1Br. The van der Waals surface area contributed by atoms with Crippen LogP contribution in [0.4, 0.5) is 0 Å². The molecule has 0 aliphatic rings. The summed E-state index contributed by atoms with van der Waals surface area (Å²) < 4.78 is 2.31. The van der Waals surface area contributed by atoms with Crippen LogP contribution < -0.4 is 5.46 Å². The van der Waals surface area contributed by atoms with Crippen molar-refractivity contribution in [1.82, 2.24) is 0 Å². The van der Waals surface area contributed by atoms with Gasteiger partial charge in [0.15, 0.2) is 0 Å². The van der Waals surface area contributed by atoms with E-state index in [1.54, 1.807) is 12.1 Å². The molecule has 0 spiro atoms. The van der Waals surface area contributed by atoms with E-state index in [9.17, 15) is 0 Å². The molecule has 12 heavy (non-hydrogen) atoms. The summed E-state index contributed by atoms with van der Waals surface area (Å²) >= 11 is 9.76. The van der Waals surface area contributed by atoms with Crippen LogP contribution in [-0.4, -0.2) is 17.2 Å². The molecule has 0 aliphatic heterocycles. The Kier molecular flexibility index (Phi) is 3.79. The van der Waals surface area contributed by atoms with Gasteiger partial charge in [-0.05, 0) is 49.5 Å². The van der Waals surface area contributed by atoms with Crippen LogP contribution in [0.2, 0.25) is 0 Å². The molecule has 2 N–H and O–H groups in total. The van der Waals surface area contributed by atoms with Gasteiger partial charge in [-0.15, -0.1) is 0 Å². The molecule has 0 bridgehead atoms. The number of hydrogen-bond acceptors (Lipinski definition) is 2. The lowest BCUT2D eigenvalue weighted by Crippen LogP contribution is -2.31. The number of benzene rings is 1. The summed E-state index contributed by atoms with van der Waals surface area (Å²) in [4.78, 5) is 0. The zero-order valence-electron chi connectivity index (χ0n) is 5.76. The minimum Gasteiger partial charge on any atom is -0.423 e. The lowest BCUT2D eigenvalue weighted by atomic mass is 9.80. The number of rotatable bonds is 1. The molecule has 0 saturated heterocycles. The monoisotopic (exact) mass is 356 g/mol. The molecule has 6 heteroatoms. The molecule has 64 valence electrons. The van der Waals surface area contributed by atoms with Gasteiger partial charge in [-0.2, -0.15) is 0 Å². The average molecular weight is 359 g/mol. The first-order valence-electron chi connectivity index (χ1n) is 3.03. The normalized spacial score (nSPS) is 10.1. The third kappa shape index (κ3) is 2.32. The molecule has 0 aliphatic carbocycles. The van der Waals surface area contributed by atoms with E-state index in [2.05, 4.69) is 47.8 Å². The largest absolute Gasteiger partial charge is 0.489 e. The third-order valence-corrected chi connectivity index (χ3v) is 3.85. The van der Waals surface area contributed by atoms with E-state index in [0.717, 1.165) is 8.95 Å². The third-order valence-electron chi connectivity index (χ3n) is 1.32. The van der Waals surface area contributed by atoms with Crippen LogP contribution in [-0.2, 0) is 0 Å². The van der Waals surface area contributed by atoms with Crippen LogP contribution in [0.3, 0.4) is 0 Å². The Hall–Kier alpha value is 0.645. The highest BCUT2D eigenvalue weighted by Crippen LogP contribution is 2.25. The van der Waals surface area contributed by atoms with Gasteiger partial charge in [-0.3, -0.25) is 0 Å². The molecule has 0 atom stereocenters. The van der Waals surface area contributed by atoms with E-state index >= 15 is 0 Å². The second-order valence-electron chi connectivity index (χ2n) is 2.16. The highest BCUT2D eigenvalue weighted by Gasteiger charge is 2.16. The summed E-state index contributed by atoms with van der Waals surface area (Å²) in [5.41, 5.74) is 0.435. The van der Waals surface area contributed by atoms with Crippen molar-refractivity contribution in [1.29, 1.82) is 0 Å². The molecule has 0 aromatic heterocycles. The molecular weight excluding hydrogens is 355 g/mol. The average Bonchev–Trinajstić information content (AvgIpc) is 1.96. The summed E-state index contributed by atoms with van der Waals surface area (Å²) in [6.45, 7) is 0. The van der Waals surface area contributed by atoms with Gasteiger partial charge in [0.2, 0.25) is 0 Å². The Bertz CT molecular complexity index is 303. The first-order chi connectivity index (χ1) is 5.52. The second-order valence-corrected chi connectivity index (χ2v) is 4.72. The fraction of sp³-hybridized carbons (Fsp3) is 0. The van der Waals surface area contributed by atoms with Crippen molar-refractivity contribution >= 4 is 60.4 Å². The van der Waals surface area contributed by atoms with Crippen LogP contribution in [0, 0.1) is 0 Å². The lowest BCUT2D eigenvalue weighted by Gasteiger charge is -2.04. The summed E-state index contributed by atoms with van der Waals surface area (Å²) in [6, 6.07) is 3.39. The number of hydrogen-bond donors (Lipinski definition) is 2. The topological polar surface area (TPSA) is 40.5 Å². The Balaban J connectivity index is 3.23. The van der Waals surface area contributed by atoms with Gasteiger partial charge in [0.1, 0.15) is 0 Å². The second kappa shape index (κ2) is 4.24. The van der Waals surface area contributed by atoms with Crippen molar-refractivity contribution in [2.75, 3.05) is 0 Å². The summed E-state index contributed by atoms with van der Waals surface area (Å²) in [5.74, 6) is 0. The van der Waals surface area contributed by atoms with Crippen LogP contribution in [0.5, 0.6) is 0 Å². The van der Waals surface area contributed by atoms with Gasteiger partial charge < -0.3 is 10.0 Å². The Morgan fingerprint density at radius 2 is 1.42 bits per heavy atom. The zero-order valence-corrected chi connectivity index (χ0v) is 10.5. The fourth-order valence-electron chi connectivity index (χ4n) is 0.736. The van der Waals surface area contributed by atoms with Gasteiger partial charge in [-0.1, -0.05) is 15.9 Å². The minimum atomic E-state index is -1.45. The first-order valence-corrected chi connectivity index (χ1v) is 5.41. The lowest BCUT2D eigenvalue weighted by molar-refractivity contribution is 0.425. The van der Waals surface area contributed by atoms with Gasteiger partial charge >= 0.3 is 7.12 Å². The van der Waals surface area contributed by atoms with E-state index in [1.165, 1.54) is 0 Å². The van der Waals surface area contributed by atoms with Crippen LogP contribution >= 0.6 is 47.8 Å². The van der Waals surface area contributed by atoms with Gasteiger partial charge in [0.25, 0.3) is 0 Å². The first kappa shape index (κ1) is 10.7.